The Labute approximate surface area is 29.8 Å². The van der Waals surface area contributed by atoms with Gasteiger partial charge in [0.05, 0.1) is 0 Å². The molecule has 0 aliphatic carbocycles. The van der Waals surface area contributed by atoms with Crippen LogP contribution in [0.3, 0.4) is 0 Å². The molecule has 0 spiro atoms. The lowest BCUT2D eigenvalue weighted by atomic mass is 11.4. The number of hydrazone groups is 1. The molecule has 0 unspecified atom stereocenters. The van der Waals surface area contributed by atoms with Crippen LogP contribution in [0.25, 0.3) is 0 Å². The van der Waals surface area contributed by atoms with Gasteiger partial charge in [0.2, 0.25) is 0 Å². The van der Waals surface area contributed by atoms with Gasteiger partial charge < -0.3 is 11.3 Å². The molecule has 0 bridgehead atoms. The first-order valence-electron chi connectivity index (χ1n) is 1.09. The van der Waals surface area contributed by atoms with Crippen molar-refractivity contribution in [1.82, 2.24) is 5.43 Å². The van der Waals surface area contributed by atoms with Gasteiger partial charge in [0.25, 0.3) is 0 Å². The van der Waals surface area contributed by atoms with Crippen LogP contribution in [0.5, 0.6) is 0 Å². The van der Waals surface area contributed by atoms with Crippen molar-refractivity contribution in [2.75, 3.05) is 0 Å². The van der Waals surface area contributed by atoms with E-state index in [1.165, 1.54) is 6.34 Å². The zero-order valence-corrected chi connectivity index (χ0v) is 2.68. The predicted molar refractivity (Wildman–Crippen MR) is 20.0 cm³/mol. The summed E-state index contributed by atoms with van der Waals surface area (Å²) in [5.74, 6) is 9.23. The third kappa shape index (κ3) is 3.23. The highest BCUT2D eigenvalue weighted by atomic mass is 15.3. The first-order valence-corrected chi connectivity index (χ1v) is 1.09. The molecule has 0 aliphatic rings. The van der Waals surface area contributed by atoms with E-state index >= 15 is 0 Å². The fourth-order valence-electron chi connectivity index (χ4n) is 0.0430. The summed E-state index contributed by atoms with van der Waals surface area (Å²) >= 11 is 0. The smallest absolute Gasteiger partial charge is 0.122 e. The largest absolute Gasteiger partial charge is 0.322 e. The normalized spacial score (nSPS) is 9.00. The van der Waals surface area contributed by atoms with Crippen molar-refractivity contribution in [2.45, 2.75) is 0 Å². The van der Waals surface area contributed by atoms with E-state index in [1.54, 1.807) is 0 Å². The van der Waals surface area contributed by atoms with Crippen LogP contribution >= 0.6 is 0 Å². The first kappa shape index (κ1) is 4.23. The van der Waals surface area contributed by atoms with Crippen LogP contribution < -0.4 is 17.1 Å². The zero-order chi connectivity index (χ0) is 4.12. The molecule has 4 nitrogen and oxygen atoms in total. The summed E-state index contributed by atoms with van der Waals surface area (Å²) in [5.41, 5.74) is 2.10. The number of hydrogen-bond donors (Lipinski definition) is 3. The van der Waals surface area contributed by atoms with Gasteiger partial charge in [-0.05, 0) is 0 Å². The molecule has 0 heterocycles. The highest BCUT2D eigenvalue weighted by molar-refractivity contribution is 5.52. The monoisotopic (exact) mass is 74.1 g/mol. The minimum absolute atomic E-state index is 1.18. The zero-order valence-electron chi connectivity index (χ0n) is 2.68. The average Bonchev–Trinajstić information content (AvgIpc) is 1.41. The molecule has 0 saturated heterocycles. The van der Waals surface area contributed by atoms with Gasteiger partial charge >= 0.3 is 0 Å². The summed E-state index contributed by atoms with van der Waals surface area (Å²) in [6, 6.07) is 0. The number of nitrogens with zero attached hydrogens (tertiary/aromatic N) is 1. The van der Waals surface area contributed by atoms with Gasteiger partial charge in [-0.3, -0.25) is 0 Å². The molecule has 0 aliphatic heterocycles. The van der Waals surface area contributed by atoms with Gasteiger partial charge in [-0.2, -0.15) is 5.10 Å². The second-order valence-electron chi connectivity index (χ2n) is 0.445. The first-order chi connectivity index (χ1) is 2.41. The molecule has 0 radical (unpaired) electrons. The molecule has 0 aromatic carbocycles. The molecule has 4 heteroatoms. The highest BCUT2D eigenvalue weighted by Crippen LogP contribution is 1.23. The van der Waals surface area contributed by atoms with Crippen LogP contribution in [0.1, 0.15) is 0 Å². The van der Waals surface area contributed by atoms with Crippen molar-refractivity contribution < 1.29 is 0 Å². The van der Waals surface area contributed by atoms with Gasteiger partial charge in [0, 0.05) is 0 Å². The molecule has 0 aromatic heterocycles. The summed E-state index contributed by atoms with van der Waals surface area (Å²) in [6.07, 6.45) is 1.18. The maximum atomic E-state index is 4.66. The van der Waals surface area contributed by atoms with Gasteiger partial charge in [-0.1, -0.05) is 0 Å². The van der Waals surface area contributed by atoms with Crippen molar-refractivity contribution in [3.8, 4) is 0 Å². The minimum atomic E-state index is 1.18. The molecule has 0 amide bonds. The van der Waals surface area contributed by atoms with Gasteiger partial charge in [-0.15, -0.1) is 0 Å². The van der Waals surface area contributed by atoms with E-state index in [-0.39, 0.29) is 0 Å². The summed E-state index contributed by atoms with van der Waals surface area (Å²) in [5, 5.41) is 2.99. The molecular weight excluding hydrogens is 68.0 g/mol. The molecule has 30 valence electrons. The molecule has 0 rings (SSSR count). The van der Waals surface area contributed by atoms with E-state index in [9.17, 15) is 0 Å². The van der Waals surface area contributed by atoms with Crippen molar-refractivity contribution in [2.24, 2.45) is 16.8 Å². The van der Waals surface area contributed by atoms with Gasteiger partial charge in [-0.25, -0.2) is 5.84 Å². The lowest BCUT2D eigenvalue weighted by Gasteiger charge is -1.75. The van der Waals surface area contributed by atoms with Gasteiger partial charge in [0.1, 0.15) is 6.34 Å². The second-order valence-corrected chi connectivity index (χ2v) is 0.445. The Kier molecular flexibility index (Phi) is 2.73. The Morgan fingerprint density at radius 1 is 1.80 bits per heavy atom. The summed E-state index contributed by atoms with van der Waals surface area (Å²) < 4.78 is 0. The lowest BCUT2D eigenvalue weighted by molar-refractivity contribution is 1.04. The van der Waals surface area contributed by atoms with Crippen molar-refractivity contribution in [3.63, 3.8) is 0 Å². The Morgan fingerprint density at radius 3 is 2.40 bits per heavy atom. The molecule has 0 saturated carbocycles. The van der Waals surface area contributed by atoms with Crippen molar-refractivity contribution in [3.05, 3.63) is 0 Å². The van der Waals surface area contributed by atoms with E-state index in [4.69, 9.17) is 0 Å². The topological polar surface area (TPSA) is 76.4 Å². The Hall–Kier alpha value is -0.770. The number of rotatable bonds is 1. The fourth-order valence-corrected chi connectivity index (χ4v) is 0.0430. The van der Waals surface area contributed by atoms with E-state index in [1.807, 2.05) is 0 Å². The quantitative estimate of drug-likeness (QED) is 0.151. The maximum Gasteiger partial charge on any atom is 0.122 e. The van der Waals surface area contributed by atoms with Crippen LogP contribution in [0, 0.1) is 0 Å². The summed E-state index contributed by atoms with van der Waals surface area (Å²) in [7, 11) is 0. The molecular formula is CH6N4. The number of nitrogens with two attached hydrogens (primary N) is 2. The van der Waals surface area contributed by atoms with Crippen LogP contribution in [0.4, 0.5) is 0 Å². The Bertz CT molecular complexity index is 30.6. The van der Waals surface area contributed by atoms with Crippen molar-refractivity contribution >= 4 is 6.34 Å². The lowest BCUT2D eigenvalue weighted by Crippen LogP contribution is -2.19. The number of hydrogen-bond acceptors (Lipinski definition) is 3. The van der Waals surface area contributed by atoms with Crippen molar-refractivity contribution in [1.29, 1.82) is 0 Å². The Morgan fingerprint density at radius 2 is 2.40 bits per heavy atom. The van der Waals surface area contributed by atoms with Crippen LogP contribution in [0.15, 0.2) is 5.10 Å². The SMILES string of the molecule is NN=CNN. The predicted octanol–water partition coefficient (Wildman–Crippen LogP) is -1.65. The molecule has 5 N–H and O–H groups in total. The standard InChI is InChI=1S/CH6N4/c2-4-1-5-3/h1H,2-3H2,(H,4,5). The van der Waals surface area contributed by atoms with Gasteiger partial charge in [0.15, 0.2) is 0 Å². The second kappa shape index (κ2) is 3.23. The Balaban J connectivity index is 2.62. The van der Waals surface area contributed by atoms with E-state index in [0.717, 1.165) is 0 Å². The summed E-state index contributed by atoms with van der Waals surface area (Å²) in [6.45, 7) is 0. The third-order valence-corrected chi connectivity index (χ3v) is 0.149. The fraction of sp³-hybridized carbons (Fsp3) is 0. The van der Waals surface area contributed by atoms with E-state index < -0.39 is 0 Å². The number of hydrazine groups is 1. The summed E-state index contributed by atoms with van der Waals surface area (Å²) in [4.78, 5) is 0. The highest BCUT2D eigenvalue weighted by Gasteiger charge is 1.45. The van der Waals surface area contributed by atoms with Crippen LogP contribution in [-0.4, -0.2) is 6.34 Å². The van der Waals surface area contributed by atoms with E-state index in [0.29, 0.717) is 0 Å². The maximum absolute atomic E-state index is 4.66. The number of nitrogens with one attached hydrogen (secondary N) is 1. The minimum Gasteiger partial charge on any atom is -0.322 e. The van der Waals surface area contributed by atoms with Crippen LogP contribution in [-0.2, 0) is 0 Å². The molecule has 0 atom stereocenters. The third-order valence-electron chi connectivity index (χ3n) is 0.149. The molecule has 0 aromatic rings. The average molecular weight is 74.1 g/mol. The molecule has 0 fully saturated rings. The van der Waals surface area contributed by atoms with Crippen LogP contribution in [0.2, 0.25) is 0 Å². The molecule has 5 heavy (non-hydrogen) atoms. The van der Waals surface area contributed by atoms with E-state index in [2.05, 4.69) is 22.2 Å².